The van der Waals surface area contributed by atoms with Gasteiger partial charge in [-0.3, -0.25) is 4.99 Å². The predicted octanol–water partition coefficient (Wildman–Crippen LogP) is 4.73. The van der Waals surface area contributed by atoms with Crippen LogP contribution in [0.4, 0.5) is 17.6 Å². The van der Waals surface area contributed by atoms with Gasteiger partial charge in [0.15, 0.2) is 23.3 Å². The number of aliphatic hydroxyl groups is 2. The molecule has 34 heavy (non-hydrogen) atoms. The molecule has 0 unspecified atom stereocenters. The van der Waals surface area contributed by atoms with Crippen molar-refractivity contribution in [3.8, 4) is 0 Å². The van der Waals surface area contributed by atoms with Crippen LogP contribution in [0.15, 0.2) is 34.8 Å². The van der Waals surface area contributed by atoms with E-state index in [1.54, 1.807) is 52.1 Å². The van der Waals surface area contributed by atoms with Crippen LogP contribution in [0.3, 0.4) is 0 Å². The van der Waals surface area contributed by atoms with Gasteiger partial charge in [0.25, 0.3) is 0 Å². The van der Waals surface area contributed by atoms with Crippen LogP contribution >= 0.6 is 45.2 Å². The Morgan fingerprint density at radius 1 is 0.971 bits per heavy atom. The highest BCUT2D eigenvalue weighted by atomic mass is 127. The predicted molar refractivity (Wildman–Crippen MR) is 132 cm³/mol. The van der Waals surface area contributed by atoms with Crippen molar-refractivity contribution in [2.24, 2.45) is 4.99 Å². The minimum atomic E-state index is -1.47. The third-order valence-corrected chi connectivity index (χ3v) is 4.92. The van der Waals surface area contributed by atoms with Crippen LogP contribution in [0.2, 0.25) is 0 Å². The molecule has 0 bridgehead atoms. The van der Waals surface area contributed by atoms with Crippen LogP contribution in [0.5, 0.6) is 0 Å². The Labute approximate surface area is 218 Å². The molecule has 184 valence electrons. The Kier molecular flexibility index (Phi) is 12.4. The molecule has 0 aliphatic heterocycles. The fourth-order valence-electron chi connectivity index (χ4n) is 2.22. The molecule has 0 atom stereocenters. The first kappa shape index (κ1) is 29.8. The smallest absolute Gasteiger partial charge is 0.343 e. The molecule has 0 saturated heterocycles. The van der Waals surface area contributed by atoms with Crippen LogP contribution in [-0.2, 0) is 9.53 Å². The maximum atomic E-state index is 13.8. The number of aromatic carboxylic acids is 1. The topological polar surface area (TPSA) is 116 Å². The van der Waals surface area contributed by atoms with E-state index in [9.17, 15) is 32.3 Å². The van der Waals surface area contributed by atoms with Crippen molar-refractivity contribution < 1.29 is 47.2 Å². The quantitative estimate of drug-likeness (QED) is 0.0729. The van der Waals surface area contributed by atoms with E-state index in [-0.39, 0.29) is 19.8 Å². The molecule has 0 spiro atoms. The molecule has 0 radical (unpaired) electrons. The number of hydrogen-bond acceptors (Lipinski definition) is 6. The number of esters is 1. The van der Waals surface area contributed by atoms with Crippen LogP contribution < -0.4 is 0 Å². The molecule has 2 aromatic carbocycles. The van der Waals surface area contributed by atoms with Crippen LogP contribution in [0.1, 0.15) is 22.8 Å². The normalized spacial score (nSPS) is 11.5. The summed E-state index contributed by atoms with van der Waals surface area (Å²) in [7, 11) is 0. The molecular formula is C21H17F4I2NO6. The molecule has 0 aromatic heterocycles. The Morgan fingerprint density at radius 2 is 1.47 bits per heavy atom. The molecule has 0 saturated carbocycles. The van der Waals surface area contributed by atoms with Crippen molar-refractivity contribution in [3.05, 3.63) is 71.4 Å². The van der Waals surface area contributed by atoms with E-state index in [1.807, 2.05) is 0 Å². The van der Waals surface area contributed by atoms with Gasteiger partial charge in [-0.25, -0.2) is 27.2 Å². The average molecular weight is 709 g/mol. The summed E-state index contributed by atoms with van der Waals surface area (Å²) in [5, 5.41) is 27.2. The van der Waals surface area contributed by atoms with Crippen molar-refractivity contribution in [1.29, 1.82) is 0 Å². The van der Waals surface area contributed by atoms with Gasteiger partial charge in [0, 0.05) is 13.4 Å². The molecule has 0 aliphatic carbocycles. The Morgan fingerprint density at radius 3 is 1.94 bits per heavy atom. The summed E-state index contributed by atoms with van der Waals surface area (Å²) in [5.41, 5.74) is -1.53. The van der Waals surface area contributed by atoms with Crippen LogP contribution in [0.25, 0.3) is 5.76 Å². The molecule has 0 amide bonds. The Balaban J connectivity index is 0.000000404. The van der Waals surface area contributed by atoms with E-state index in [0.29, 0.717) is 7.14 Å². The summed E-state index contributed by atoms with van der Waals surface area (Å²) in [5.74, 6) is -8.07. The monoisotopic (exact) mass is 709 g/mol. The number of carbonyl (C=O) groups excluding carboxylic acids is 1. The molecule has 3 N–H and O–H groups in total. The van der Waals surface area contributed by atoms with E-state index < -0.39 is 57.7 Å². The molecule has 7 nitrogen and oxygen atoms in total. The largest absolute Gasteiger partial charge is 0.506 e. The number of halogens is 6. The first-order chi connectivity index (χ1) is 15.9. The summed E-state index contributed by atoms with van der Waals surface area (Å²) in [4.78, 5) is 25.8. The molecular weight excluding hydrogens is 692 g/mol. The summed E-state index contributed by atoms with van der Waals surface area (Å²) in [6.45, 7) is 1.31. The second-order valence-corrected chi connectivity index (χ2v) is 8.54. The summed E-state index contributed by atoms with van der Waals surface area (Å²) >= 11 is 3.46. The van der Waals surface area contributed by atoms with Gasteiger partial charge in [-0.1, -0.05) is 0 Å². The standard InChI is InChI=1S/C14H14F2INO4.C7H3F2IO2/c1-2-22-14(21)10(7-18-3-4-19)13(20)9-5-8(17)6-11(15)12(9)16;8-5-2-3(10)1-4(6(5)9)7(11)12/h5-7,19-20H,2-4H2,1H3;1-2H,(H,11,12). The zero-order valence-electron chi connectivity index (χ0n) is 17.3. The van der Waals surface area contributed by atoms with E-state index in [4.69, 9.17) is 14.9 Å². The fraction of sp³-hybridized carbons (Fsp3) is 0.190. The van der Waals surface area contributed by atoms with Crippen molar-refractivity contribution in [2.45, 2.75) is 6.92 Å². The third kappa shape index (κ3) is 8.50. The van der Waals surface area contributed by atoms with Gasteiger partial charge in [-0.15, -0.1) is 0 Å². The van der Waals surface area contributed by atoms with Crippen LogP contribution in [-0.4, -0.2) is 53.2 Å². The Bertz CT molecular complexity index is 1120. The van der Waals surface area contributed by atoms with Crippen LogP contribution in [0, 0.1) is 30.4 Å². The molecule has 0 fully saturated rings. The molecule has 2 rings (SSSR count). The van der Waals surface area contributed by atoms with Gasteiger partial charge in [0.2, 0.25) is 0 Å². The number of aliphatic imine (C=N–C) groups is 1. The van der Waals surface area contributed by atoms with Gasteiger partial charge in [-0.05, 0) is 76.4 Å². The van der Waals surface area contributed by atoms with Gasteiger partial charge >= 0.3 is 11.9 Å². The lowest BCUT2D eigenvalue weighted by atomic mass is 10.1. The minimum absolute atomic E-state index is 0.0145. The lowest BCUT2D eigenvalue weighted by molar-refractivity contribution is -0.137. The van der Waals surface area contributed by atoms with E-state index >= 15 is 0 Å². The number of ether oxygens (including phenoxy) is 1. The summed E-state index contributed by atoms with van der Waals surface area (Å²) < 4.78 is 57.9. The average Bonchev–Trinajstić information content (AvgIpc) is 2.76. The summed E-state index contributed by atoms with van der Waals surface area (Å²) in [6.07, 6.45) is 0.959. The van der Waals surface area contributed by atoms with Gasteiger partial charge in [0.1, 0.15) is 11.3 Å². The summed E-state index contributed by atoms with van der Waals surface area (Å²) in [6, 6.07) is 4.15. The van der Waals surface area contributed by atoms with E-state index in [2.05, 4.69) is 4.99 Å². The maximum Gasteiger partial charge on any atom is 0.343 e. The van der Waals surface area contributed by atoms with Gasteiger partial charge < -0.3 is 20.1 Å². The second-order valence-electron chi connectivity index (χ2n) is 6.05. The van der Waals surface area contributed by atoms with Crippen molar-refractivity contribution in [1.82, 2.24) is 0 Å². The highest BCUT2D eigenvalue weighted by Gasteiger charge is 2.21. The lowest BCUT2D eigenvalue weighted by Gasteiger charge is -2.09. The zero-order valence-corrected chi connectivity index (χ0v) is 21.6. The number of carbonyl (C=O) groups is 2. The number of nitrogens with zero attached hydrogens (tertiary/aromatic N) is 1. The van der Waals surface area contributed by atoms with Crippen molar-refractivity contribution in [3.63, 3.8) is 0 Å². The zero-order chi connectivity index (χ0) is 26.0. The highest BCUT2D eigenvalue weighted by Crippen LogP contribution is 2.24. The van der Waals surface area contributed by atoms with E-state index in [1.165, 1.54) is 6.07 Å². The number of carboxylic acids is 1. The number of benzene rings is 2. The number of aliphatic hydroxyl groups excluding tert-OH is 2. The lowest BCUT2D eigenvalue weighted by Crippen LogP contribution is -2.12. The number of hydrogen-bond donors (Lipinski definition) is 3. The van der Waals surface area contributed by atoms with Crippen molar-refractivity contribution >= 4 is 69.1 Å². The first-order valence-electron chi connectivity index (χ1n) is 9.18. The minimum Gasteiger partial charge on any atom is -0.506 e. The molecule has 2 aromatic rings. The first-order valence-corrected chi connectivity index (χ1v) is 11.3. The van der Waals surface area contributed by atoms with Gasteiger partial charge in [-0.2, -0.15) is 0 Å². The maximum absolute atomic E-state index is 13.8. The number of rotatable bonds is 7. The molecule has 13 heteroatoms. The highest BCUT2D eigenvalue weighted by molar-refractivity contribution is 14.1. The number of carboxylic acid groups (broad SMARTS) is 1. The molecule has 0 aliphatic rings. The van der Waals surface area contributed by atoms with Crippen molar-refractivity contribution in [2.75, 3.05) is 19.8 Å². The third-order valence-electron chi connectivity index (χ3n) is 3.67. The SMILES string of the molecule is CCOC(=O)C(C=NCCO)=C(O)c1cc(I)cc(F)c1F.O=C(O)c1cc(I)cc(F)c1F. The fourth-order valence-corrected chi connectivity index (χ4v) is 3.39. The Hall–Kier alpha value is -2.27. The van der Waals surface area contributed by atoms with Gasteiger partial charge in [0.05, 0.1) is 30.9 Å². The molecule has 0 heterocycles. The van der Waals surface area contributed by atoms with E-state index in [0.717, 1.165) is 24.4 Å². The second kappa shape index (κ2) is 14.2.